The van der Waals surface area contributed by atoms with Crippen LogP contribution in [-0.2, 0) is 9.53 Å². The average Bonchev–Trinajstić information content (AvgIpc) is 2.91. The van der Waals surface area contributed by atoms with Crippen molar-refractivity contribution >= 4 is 11.8 Å². The highest BCUT2D eigenvalue weighted by Gasteiger charge is 2.36. The molecule has 2 saturated heterocycles. The first-order valence-electron chi connectivity index (χ1n) is 10.4. The number of carbonyl (C=O) groups is 2. The molecule has 0 N–H and O–H groups in total. The normalized spacial score (nSPS) is 21.4. The van der Waals surface area contributed by atoms with Crippen LogP contribution in [-0.4, -0.2) is 85.5 Å². The number of nitrogens with zero attached hydrogens (tertiary/aromatic N) is 3. The summed E-state index contributed by atoms with van der Waals surface area (Å²) in [5, 5.41) is 0. The van der Waals surface area contributed by atoms with Gasteiger partial charge in [0.15, 0.2) is 0 Å². The van der Waals surface area contributed by atoms with Gasteiger partial charge >= 0.3 is 0 Å². The van der Waals surface area contributed by atoms with E-state index in [4.69, 9.17) is 4.74 Å². The van der Waals surface area contributed by atoms with Gasteiger partial charge in [-0.1, -0.05) is 26.0 Å². The van der Waals surface area contributed by atoms with E-state index in [0.717, 1.165) is 44.6 Å². The number of rotatable bonds is 6. The number of hydrogen-bond acceptors (Lipinski definition) is 4. The molecule has 2 fully saturated rings. The molecule has 1 atom stereocenters. The van der Waals surface area contributed by atoms with E-state index in [-0.39, 0.29) is 17.9 Å². The number of likely N-dealkylation sites (tertiary alicyclic amines) is 1. The molecule has 0 spiro atoms. The van der Waals surface area contributed by atoms with E-state index < -0.39 is 0 Å². The third-order valence-corrected chi connectivity index (χ3v) is 5.92. The smallest absolute Gasteiger partial charge is 0.253 e. The maximum absolute atomic E-state index is 12.9. The summed E-state index contributed by atoms with van der Waals surface area (Å²) in [7, 11) is 1.66. The maximum Gasteiger partial charge on any atom is 0.253 e. The largest absolute Gasteiger partial charge is 0.383 e. The molecule has 6 nitrogen and oxygen atoms in total. The van der Waals surface area contributed by atoms with Crippen LogP contribution in [0.5, 0.6) is 0 Å². The lowest BCUT2D eigenvalue weighted by molar-refractivity contribution is -0.132. The molecule has 2 aliphatic rings. The number of amides is 2. The van der Waals surface area contributed by atoms with Crippen LogP contribution in [0.1, 0.15) is 48.5 Å². The third-order valence-electron chi connectivity index (χ3n) is 5.92. The first kappa shape index (κ1) is 20.8. The van der Waals surface area contributed by atoms with Gasteiger partial charge in [0.2, 0.25) is 5.91 Å². The Kier molecular flexibility index (Phi) is 7.08. The first-order chi connectivity index (χ1) is 13.5. The Bertz CT molecular complexity index is 674. The van der Waals surface area contributed by atoms with E-state index >= 15 is 0 Å². The second-order valence-corrected chi connectivity index (χ2v) is 8.08. The molecule has 2 aliphatic heterocycles. The van der Waals surface area contributed by atoms with Crippen molar-refractivity contribution < 1.29 is 14.3 Å². The van der Waals surface area contributed by atoms with E-state index in [9.17, 15) is 9.59 Å². The number of hydrogen-bond donors (Lipinski definition) is 0. The van der Waals surface area contributed by atoms with Crippen molar-refractivity contribution in [2.75, 3.05) is 53.0 Å². The molecule has 6 heteroatoms. The molecule has 2 amide bonds. The summed E-state index contributed by atoms with van der Waals surface area (Å²) in [5.74, 6) is 0.765. The zero-order chi connectivity index (χ0) is 20.1. The van der Waals surface area contributed by atoms with Crippen molar-refractivity contribution in [2.24, 2.45) is 0 Å². The van der Waals surface area contributed by atoms with Crippen LogP contribution in [0.3, 0.4) is 0 Å². The zero-order valence-electron chi connectivity index (χ0n) is 17.4. The second kappa shape index (κ2) is 9.52. The van der Waals surface area contributed by atoms with E-state index in [0.29, 0.717) is 25.6 Å². The number of ether oxygens (including phenoxy) is 1. The van der Waals surface area contributed by atoms with Gasteiger partial charge in [-0.05, 0) is 36.5 Å². The van der Waals surface area contributed by atoms with Gasteiger partial charge in [-0.2, -0.15) is 0 Å². The highest BCUT2D eigenvalue weighted by Crippen LogP contribution is 2.20. The highest BCUT2D eigenvalue weighted by molar-refractivity contribution is 5.94. The molecular weight excluding hydrogens is 354 g/mol. The van der Waals surface area contributed by atoms with E-state index in [1.165, 1.54) is 5.56 Å². The molecule has 1 aromatic rings. The molecule has 0 radical (unpaired) electrons. The average molecular weight is 388 g/mol. The minimum Gasteiger partial charge on any atom is -0.383 e. The molecule has 0 aliphatic carbocycles. The molecule has 3 rings (SSSR count). The van der Waals surface area contributed by atoms with Crippen LogP contribution in [0.4, 0.5) is 0 Å². The fourth-order valence-corrected chi connectivity index (χ4v) is 4.13. The van der Waals surface area contributed by atoms with Crippen molar-refractivity contribution in [1.82, 2.24) is 14.7 Å². The predicted molar refractivity (Wildman–Crippen MR) is 109 cm³/mol. The Morgan fingerprint density at radius 3 is 2.54 bits per heavy atom. The first-order valence-corrected chi connectivity index (χ1v) is 10.4. The lowest BCUT2D eigenvalue weighted by atomic mass is 10.0. The van der Waals surface area contributed by atoms with Crippen LogP contribution < -0.4 is 0 Å². The Morgan fingerprint density at radius 1 is 1.11 bits per heavy atom. The molecular formula is C22H33N3O3. The van der Waals surface area contributed by atoms with Gasteiger partial charge in [0, 0.05) is 51.9 Å². The lowest BCUT2D eigenvalue weighted by Crippen LogP contribution is -2.44. The van der Waals surface area contributed by atoms with Gasteiger partial charge in [-0.3, -0.25) is 14.5 Å². The monoisotopic (exact) mass is 387 g/mol. The van der Waals surface area contributed by atoms with Crippen molar-refractivity contribution in [3.05, 3.63) is 35.4 Å². The topological polar surface area (TPSA) is 53.1 Å². The fourth-order valence-electron chi connectivity index (χ4n) is 4.13. The standard InChI is InChI=1S/C22H33N3O3/c1-17(2)18-5-7-19(8-6-18)21(26)24-11-4-10-23(13-14-24)20-9-12-25(22(20)27)15-16-28-3/h5-8,17,20H,4,9-16H2,1-3H3/t20-/m1/s1. The summed E-state index contributed by atoms with van der Waals surface area (Å²) in [5.41, 5.74) is 2.00. The van der Waals surface area contributed by atoms with Gasteiger partial charge in [-0.25, -0.2) is 0 Å². The molecule has 0 bridgehead atoms. The quantitative estimate of drug-likeness (QED) is 0.751. The summed E-state index contributed by atoms with van der Waals surface area (Å²) in [6.07, 6.45) is 1.77. The van der Waals surface area contributed by atoms with Gasteiger partial charge in [0.25, 0.3) is 5.91 Å². The molecule has 0 saturated carbocycles. The zero-order valence-corrected chi connectivity index (χ0v) is 17.4. The predicted octanol–water partition coefficient (Wildman–Crippen LogP) is 2.21. The van der Waals surface area contributed by atoms with Crippen molar-refractivity contribution in [1.29, 1.82) is 0 Å². The second-order valence-electron chi connectivity index (χ2n) is 8.08. The Hall–Kier alpha value is -1.92. The van der Waals surface area contributed by atoms with Gasteiger partial charge in [-0.15, -0.1) is 0 Å². The van der Waals surface area contributed by atoms with Crippen LogP contribution in [0.2, 0.25) is 0 Å². The molecule has 0 unspecified atom stereocenters. The molecule has 2 heterocycles. The minimum atomic E-state index is -0.0442. The summed E-state index contributed by atoms with van der Waals surface area (Å²) in [6.45, 7) is 9.39. The lowest BCUT2D eigenvalue weighted by Gasteiger charge is -2.26. The highest BCUT2D eigenvalue weighted by atomic mass is 16.5. The van der Waals surface area contributed by atoms with Crippen molar-refractivity contribution in [2.45, 2.75) is 38.6 Å². The molecule has 1 aromatic carbocycles. The summed E-state index contributed by atoms with van der Waals surface area (Å²) < 4.78 is 5.10. The van der Waals surface area contributed by atoms with Crippen LogP contribution in [0.15, 0.2) is 24.3 Å². The minimum absolute atomic E-state index is 0.0442. The summed E-state index contributed by atoms with van der Waals surface area (Å²) in [4.78, 5) is 31.7. The number of carbonyl (C=O) groups excluding carboxylic acids is 2. The SMILES string of the molecule is COCCN1CC[C@@H](N2CCCN(C(=O)c3ccc(C(C)C)cc3)CC2)C1=O. The molecule has 154 valence electrons. The maximum atomic E-state index is 12.9. The Balaban J connectivity index is 1.57. The van der Waals surface area contributed by atoms with Gasteiger partial charge in [0.05, 0.1) is 12.6 Å². The van der Waals surface area contributed by atoms with E-state index in [1.807, 2.05) is 34.1 Å². The van der Waals surface area contributed by atoms with Gasteiger partial charge in [0.1, 0.15) is 0 Å². The molecule has 28 heavy (non-hydrogen) atoms. The van der Waals surface area contributed by atoms with Crippen LogP contribution in [0, 0.1) is 0 Å². The van der Waals surface area contributed by atoms with E-state index in [2.05, 4.69) is 18.7 Å². The van der Waals surface area contributed by atoms with E-state index in [1.54, 1.807) is 7.11 Å². The Labute approximate surface area is 168 Å². The van der Waals surface area contributed by atoms with Crippen LogP contribution in [0.25, 0.3) is 0 Å². The van der Waals surface area contributed by atoms with Gasteiger partial charge < -0.3 is 14.5 Å². The Morgan fingerprint density at radius 2 is 1.86 bits per heavy atom. The fraction of sp³-hybridized carbons (Fsp3) is 0.636. The number of methoxy groups -OCH3 is 1. The third kappa shape index (κ3) is 4.73. The number of benzene rings is 1. The van der Waals surface area contributed by atoms with Crippen molar-refractivity contribution in [3.63, 3.8) is 0 Å². The molecule has 0 aromatic heterocycles. The summed E-state index contributed by atoms with van der Waals surface area (Å²) >= 11 is 0. The van der Waals surface area contributed by atoms with Crippen LogP contribution >= 0.6 is 0 Å². The summed E-state index contributed by atoms with van der Waals surface area (Å²) in [6, 6.07) is 7.93. The van der Waals surface area contributed by atoms with Crippen molar-refractivity contribution in [3.8, 4) is 0 Å².